The van der Waals surface area contributed by atoms with Gasteiger partial charge in [0.2, 0.25) is 5.91 Å². The Morgan fingerprint density at radius 2 is 2.45 bits per heavy atom. The Hall–Kier alpha value is -2.67. The topological polar surface area (TPSA) is 125 Å². The Kier molecular flexibility index (Phi) is 3.81. The van der Waals surface area contributed by atoms with Crippen molar-refractivity contribution in [2.75, 3.05) is 18.0 Å². The lowest BCUT2D eigenvalue weighted by atomic mass is 10.1. The van der Waals surface area contributed by atoms with Crippen molar-refractivity contribution in [1.29, 1.82) is 0 Å². The van der Waals surface area contributed by atoms with Crippen LogP contribution in [0.4, 0.5) is 11.5 Å². The van der Waals surface area contributed by atoms with E-state index in [0.717, 1.165) is 6.20 Å². The van der Waals surface area contributed by atoms with Crippen molar-refractivity contribution in [2.24, 2.45) is 11.0 Å². The number of rotatable bonds is 4. The van der Waals surface area contributed by atoms with Gasteiger partial charge in [-0.05, 0) is 24.4 Å². The molecular formula is C11H12N6O3. The molecule has 1 aromatic rings. The van der Waals surface area contributed by atoms with Gasteiger partial charge in [0.05, 0.1) is 4.92 Å². The summed E-state index contributed by atoms with van der Waals surface area (Å²) in [5, 5.41) is 14.2. The van der Waals surface area contributed by atoms with Gasteiger partial charge in [0.25, 0.3) is 5.69 Å². The number of nitro groups is 1. The van der Waals surface area contributed by atoms with Crippen molar-refractivity contribution < 1.29 is 9.72 Å². The molecule has 0 bridgehead atoms. The van der Waals surface area contributed by atoms with E-state index in [9.17, 15) is 14.9 Å². The highest BCUT2D eigenvalue weighted by molar-refractivity contribution is 5.95. The SMILES string of the molecule is Cc1cc(N2CC(CN=[N+]=[N-])CC2=O)ncc1[N+](=O)[O-]. The lowest BCUT2D eigenvalue weighted by Gasteiger charge is -2.15. The van der Waals surface area contributed by atoms with Crippen LogP contribution in [0.2, 0.25) is 0 Å². The number of carbonyl (C=O) groups is 1. The van der Waals surface area contributed by atoms with Gasteiger partial charge in [-0.3, -0.25) is 19.8 Å². The van der Waals surface area contributed by atoms with Gasteiger partial charge in [-0.1, -0.05) is 5.11 Å². The summed E-state index contributed by atoms with van der Waals surface area (Å²) in [6.45, 7) is 2.26. The van der Waals surface area contributed by atoms with Crippen molar-refractivity contribution in [3.8, 4) is 0 Å². The summed E-state index contributed by atoms with van der Waals surface area (Å²) in [6.07, 6.45) is 1.44. The highest BCUT2D eigenvalue weighted by Gasteiger charge is 2.31. The average Bonchev–Trinajstić information content (AvgIpc) is 2.77. The Morgan fingerprint density at radius 1 is 1.70 bits per heavy atom. The van der Waals surface area contributed by atoms with Gasteiger partial charge in [0, 0.05) is 30.0 Å². The molecule has 1 amide bonds. The lowest BCUT2D eigenvalue weighted by molar-refractivity contribution is -0.385. The third-order valence-corrected chi connectivity index (χ3v) is 3.15. The van der Waals surface area contributed by atoms with Gasteiger partial charge in [-0.15, -0.1) is 0 Å². The molecule has 9 nitrogen and oxygen atoms in total. The molecule has 0 saturated carbocycles. The van der Waals surface area contributed by atoms with E-state index in [1.807, 2.05) is 0 Å². The standard InChI is InChI=1S/C11H12N6O3/c1-7-2-10(13-5-9(7)17(19)20)16-6-8(3-11(16)18)4-14-15-12/h2,5,8H,3-4,6H2,1H3. The number of amides is 1. The molecule has 0 spiro atoms. The molecule has 104 valence electrons. The fourth-order valence-corrected chi connectivity index (χ4v) is 2.15. The molecular weight excluding hydrogens is 264 g/mol. The zero-order valence-electron chi connectivity index (χ0n) is 10.8. The van der Waals surface area contributed by atoms with E-state index in [0.29, 0.717) is 17.9 Å². The summed E-state index contributed by atoms with van der Waals surface area (Å²) in [6, 6.07) is 1.52. The minimum Gasteiger partial charge on any atom is -0.297 e. The van der Waals surface area contributed by atoms with Crippen LogP contribution in [-0.4, -0.2) is 28.9 Å². The molecule has 0 N–H and O–H groups in total. The Morgan fingerprint density at radius 3 is 3.05 bits per heavy atom. The minimum absolute atomic E-state index is 0.0456. The van der Waals surface area contributed by atoms with Crippen LogP contribution >= 0.6 is 0 Å². The highest BCUT2D eigenvalue weighted by atomic mass is 16.6. The van der Waals surface area contributed by atoms with Crippen LogP contribution in [0.25, 0.3) is 10.4 Å². The van der Waals surface area contributed by atoms with E-state index in [-0.39, 0.29) is 30.5 Å². The predicted octanol–water partition coefficient (Wildman–Crippen LogP) is 1.96. The number of azide groups is 1. The van der Waals surface area contributed by atoms with Gasteiger partial charge < -0.3 is 0 Å². The summed E-state index contributed by atoms with van der Waals surface area (Å²) < 4.78 is 0. The minimum atomic E-state index is -0.512. The first-order chi connectivity index (χ1) is 9.52. The number of carbonyl (C=O) groups excluding carboxylic acids is 1. The van der Waals surface area contributed by atoms with Crippen LogP contribution in [0.3, 0.4) is 0 Å². The largest absolute Gasteiger partial charge is 0.297 e. The molecule has 9 heteroatoms. The van der Waals surface area contributed by atoms with E-state index in [1.165, 1.54) is 11.0 Å². The van der Waals surface area contributed by atoms with Crippen molar-refractivity contribution in [1.82, 2.24) is 4.98 Å². The molecule has 1 aliphatic heterocycles. The lowest BCUT2D eigenvalue weighted by Crippen LogP contribution is -2.25. The van der Waals surface area contributed by atoms with Crippen LogP contribution in [0.15, 0.2) is 17.4 Å². The first-order valence-corrected chi connectivity index (χ1v) is 5.95. The molecule has 0 radical (unpaired) electrons. The molecule has 1 atom stereocenters. The fourth-order valence-electron chi connectivity index (χ4n) is 2.15. The van der Waals surface area contributed by atoms with E-state index in [4.69, 9.17) is 5.53 Å². The number of hydrogen-bond donors (Lipinski definition) is 0. The monoisotopic (exact) mass is 276 g/mol. The summed E-state index contributed by atoms with van der Waals surface area (Å²) in [7, 11) is 0. The second kappa shape index (κ2) is 5.54. The Balaban J connectivity index is 2.20. The van der Waals surface area contributed by atoms with Crippen molar-refractivity contribution in [2.45, 2.75) is 13.3 Å². The average molecular weight is 276 g/mol. The van der Waals surface area contributed by atoms with Crippen molar-refractivity contribution in [3.05, 3.63) is 38.4 Å². The van der Waals surface area contributed by atoms with Crippen LogP contribution in [0.5, 0.6) is 0 Å². The third kappa shape index (κ3) is 2.67. The molecule has 0 aromatic carbocycles. The smallest absolute Gasteiger partial charge is 0.290 e. The first-order valence-electron chi connectivity index (χ1n) is 5.95. The van der Waals surface area contributed by atoms with Crippen LogP contribution in [-0.2, 0) is 4.79 Å². The van der Waals surface area contributed by atoms with Gasteiger partial charge in [-0.25, -0.2) is 4.98 Å². The van der Waals surface area contributed by atoms with E-state index in [1.54, 1.807) is 6.92 Å². The number of nitrogens with zero attached hydrogens (tertiary/aromatic N) is 6. The molecule has 1 fully saturated rings. The van der Waals surface area contributed by atoms with Crippen LogP contribution < -0.4 is 4.90 Å². The van der Waals surface area contributed by atoms with E-state index >= 15 is 0 Å². The number of hydrogen-bond acceptors (Lipinski definition) is 5. The molecule has 1 aromatic heterocycles. The first kappa shape index (κ1) is 13.8. The quantitative estimate of drug-likeness (QED) is 0.274. The predicted molar refractivity (Wildman–Crippen MR) is 70.1 cm³/mol. The maximum atomic E-state index is 11.9. The molecule has 2 rings (SSSR count). The summed E-state index contributed by atoms with van der Waals surface area (Å²) >= 11 is 0. The molecule has 1 unspecified atom stereocenters. The van der Waals surface area contributed by atoms with Gasteiger partial charge in [0.1, 0.15) is 12.0 Å². The summed E-state index contributed by atoms with van der Waals surface area (Å²) in [5.41, 5.74) is 8.65. The zero-order chi connectivity index (χ0) is 14.7. The van der Waals surface area contributed by atoms with Crippen molar-refractivity contribution in [3.63, 3.8) is 0 Å². The third-order valence-electron chi connectivity index (χ3n) is 3.15. The Bertz CT molecular complexity index is 610. The summed E-state index contributed by atoms with van der Waals surface area (Å²) in [4.78, 5) is 30.2. The number of anilines is 1. The van der Waals surface area contributed by atoms with E-state index < -0.39 is 4.92 Å². The maximum Gasteiger partial charge on any atom is 0.290 e. The van der Waals surface area contributed by atoms with E-state index in [2.05, 4.69) is 15.0 Å². The number of aromatic nitrogens is 1. The number of aryl methyl sites for hydroxylation is 1. The highest BCUT2D eigenvalue weighted by Crippen LogP contribution is 2.27. The van der Waals surface area contributed by atoms with Gasteiger partial charge in [0.15, 0.2) is 0 Å². The molecule has 20 heavy (non-hydrogen) atoms. The van der Waals surface area contributed by atoms with Gasteiger partial charge in [-0.2, -0.15) is 0 Å². The second-order valence-corrected chi connectivity index (χ2v) is 4.57. The van der Waals surface area contributed by atoms with Crippen molar-refractivity contribution >= 4 is 17.4 Å². The van der Waals surface area contributed by atoms with Crippen LogP contribution in [0.1, 0.15) is 12.0 Å². The zero-order valence-corrected chi connectivity index (χ0v) is 10.8. The second-order valence-electron chi connectivity index (χ2n) is 4.57. The molecule has 2 heterocycles. The molecule has 1 aliphatic rings. The fraction of sp³-hybridized carbons (Fsp3) is 0.455. The van der Waals surface area contributed by atoms with Crippen LogP contribution in [0, 0.1) is 23.0 Å². The normalized spacial score (nSPS) is 17.9. The number of pyridine rings is 1. The maximum absolute atomic E-state index is 11.9. The molecule has 1 saturated heterocycles. The van der Waals surface area contributed by atoms with Gasteiger partial charge >= 0.3 is 0 Å². The molecule has 0 aliphatic carbocycles. The Labute approximate surface area is 114 Å². The summed E-state index contributed by atoms with van der Waals surface area (Å²) in [5.74, 6) is 0.223.